The zero-order chi connectivity index (χ0) is 9.54. The third-order valence-electron chi connectivity index (χ3n) is 2.86. The second-order valence-corrected chi connectivity index (χ2v) is 3.87. The van der Waals surface area contributed by atoms with Crippen molar-refractivity contribution in [1.29, 1.82) is 0 Å². The average molecular weight is 187 g/mol. The average Bonchev–Trinajstić information content (AvgIpc) is 2.43. The molecule has 1 aromatic heterocycles. The Bertz CT molecular complexity index is 468. The first-order valence-electron chi connectivity index (χ1n) is 4.94. The van der Waals surface area contributed by atoms with E-state index in [1.54, 1.807) is 0 Å². The van der Waals surface area contributed by atoms with Crippen LogP contribution >= 0.6 is 0 Å². The third-order valence-corrected chi connectivity index (χ3v) is 2.86. The normalized spacial score (nSPS) is 21.0. The lowest BCUT2D eigenvalue weighted by Crippen LogP contribution is -2.35. The van der Waals surface area contributed by atoms with Crippen molar-refractivity contribution in [3.8, 4) is 0 Å². The fourth-order valence-electron chi connectivity index (χ4n) is 1.92. The van der Waals surface area contributed by atoms with Crippen LogP contribution in [0.2, 0.25) is 0 Å². The zero-order valence-electron chi connectivity index (χ0n) is 7.88. The molecule has 3 heteroatoms. The number of nitrogens with two attached hydrogens (primary N) is 1. The van der Waals surface area contributed by atoms with E-state index in [1.165, 1.54) is 23.0 Å². The Morgan fingerprint density at radius 2 is 2.14 bits per heavy atom. The number of benzene rings is 1. The third kappa shape index (κ3) is 1.09. The van der Waals surface area contributed by atoms with Gasteiger partial charge in [-0.15, -0.1) is 0 Å². The Kier molecular flexibility index (Phi) is 1.55. The summed E-state index contributed by atoms with van der Waals surface area (Å²) in [5.41, 5.74) is 8.99. The van der Waals surface area contributed by atoms with E-state index >= 15 is 0 Å². The maximum atomic E-state index is 5.73. The number of hydrogen-bond acceptors (Lipinski definition) is 2. The molecule has 0 bridgehead atoms. The minimum Gasteiger partial charge on any atom is -0.399 e. The summed E-state index contributed by atoms with van der Waals surface area (Å²) in [6, 6.07) is 8.67. The second-order valence-electron chi connectivity index (χ2n) is 3.87. The van der Waals surface area contributed by atoms with Crippen molar-refractivity contribution in [3.05, 3.63) is 30.0 Å². The van der Waals surface area contributed by atoms with Crippen molar-refractivity contribution in [2.75, 3.05) is 12.3 Å². The van der Waals surface area contributed by atoms with Crippen molar-refractivity contribution in [1.82, 2.24) is 10.3 Å². The van der Waals surface area contributed by atoms with Crippen LogP contribution < -0.4 is 11.1 Å². The van der Waals surface area contributed by atoms with E-state index in [1.807, 2.05) is 18.2 Å². The van der Waals surface area contributed by atoms with Crippen LogP contribution in [0.25, 0.3) is 10.9 Å². The summed E-state index contributed by atoms with van der Waals surface area (Å²) >= 11 is 0. The molecule has 3 nitrogen and oxygen atoms in total. The molecule has 0 saturated carbocycles. The monoisotopic (exact) mass is 187 g/mol. The number of nitrogens with one attached hydrogen (secondary N) is 2. The first kappa shape index (κ1) is 7.88. The van der Waals surface area contributed by atoms with Crippen LogP contribution in [-0.4, -0.2) is 11.5 Å². The number of aromatic amines is 1. The fourth-order valence-corrected chi connectivity index (χ4v) is 1.92. The molecule has 2 aromatic rings. The number of rotatable bonds is 1. The van der Waals surface area contributed by atoms with Gasteiger partial charge in [0, 0.05) is 28.3 Å². The van der Waals surface area contributed by atoms with Crippen LogP contribution in [0.4, 0.5) is 5.69 Å². The molecular weight excluding hydrogens is 174 g/mol. The van der Waals surface area contributed by atoms with Crippen LogP contribution in [0.3, 0.4) is 0 Å². The van der Waals surface area contributed by atoms with Crippen molar-refractivity contribution in [2.24, 2.45) is 0 Å². The van der Waals surface area contributed by atoms with Gasteiger partial charge in [-0.05, 0) is 37.2 Å². The predicted molar refractivity (Wildman–Crippen MR) is 58.1 cm³/mol. The quantitative estimate of drug-likeness (QED) is 0.596. The van der Waals surface area contributed by atoms with E-state index in [2.05, 4.69) is 16.4 Å². The molecule has 1 aliphatic heterocycles. The van der Waals surface area contributed by atoms with E-state index in [4.69, 9.17) is 5.73 Å². The van der Waals surface area contributed by atoms with E-state index in [0.717, 1.165) is 12.2 Å². The Balaban J connectivity index is 2.10. The maximum Gasteiger partial charge on any atom is 0.0485 e. The molecule has 0 amide bonds. The number of nitrogen functional groups attached to an aromatic ring is 1. The Labute approximate surface area is 82.3 Å². The number of hydrogen-bond donors (Lipinski definition) is 3. The van der Waals surface area contributed by atoms with E-state index in [9.17, 15) is 0 Å². The summed E-state index contributed by atoms with van der Waals surface area (Å²) < 4.78 is 0. The minimum absolute atomic E-state index is 0.517. The highest BCUT2D eigenvalue weighted by Gasteiger charge is 2.19. The molecule has 72 valence electrons. The van der Waals surface area contributed by atoms with Crippen LogP contribution in [0, 0.1) is 0 Å². The van der Waals surface area contributed by atoms with Crippen LogP contribution in [-0.2, 0) is 0 Å². The molecular formula is C11H13N3. The highest BCUT2D eigenvalue weighted by molar-refractivity contribution is 5.83. The van der Waals surface area contributed by atoms with Crippen LogP contribution in [0.15, 0.2) is 24.3 Å². The SMILES string of the molecule is Nc1ccc2[nH]c(C3CCN3)cc2c1. The molecule has 0 aliphatic carbocycles. The molecule has 4 N–H and O–H groups in total. The van der Waals surface area contributed by atoms with Crippen LogP contribution in [0.5, 0.6) is 0 Å². The Morgan fingerprint density at radius 1 is 1.29 bits per heavy atom. The Hall–Kier alpha value is -1.48. The predicted octanol–water partition coefficient (Wildman–Crippen LogP) is 1.78. The van der Waals surface area contributed by atoms with Crippen molar-refractivity contribution in [3.63, 3.8) is 0 Å². The fraction of sp³-hybridized carbons (Fsp3) is 0.273. The van der Waals surface area contributed by atoms with Crippen molar-refractivity contribution < 1.29 is 0 Å². The van der Waals surface area contributed by atoms with Gasteiger partial charge in [0.05, 0.1) is 0 Å². The smallest absolute Gasteiger partial charge is 0.0485 e. The molecule has 1 unspecified atom stereocenters. The largest absolute Gasteiger partial charge is 0.399 e. The lowest BCUT2D eigenvalue weighted by atomic mass is 10.0. The summed E-state index contributed by atoms with van der Waals surface area (Å²) in [4.78, 5) is 3.41. The second kappa shape index (κ2) is 2.75. The van der Waals surface area contributed by atoms with Gasteiger partial charge in [0.15, 0.2) is 0 Å². The summed E-state index contributed by atoms with van der Waals surface area (Å²) in [6.45, 7) is 1.13. The molecule has 1 aliphatic rings. The summed E-state index contributed by atoms with van der Waals surface area (Å²) in [7, 11) is 0. The van der Waals surface area contributed by atoms with Gasteiger partial charge < -0.3 is 16.0 Å². The van der Waals surface area contributed by atoms with Crippen LogP contribution in [0.1, 0.15) is 18.2 Å². The molecule has 0 radical (unpaired) electrons. The highest BCUT2D eigenvalue weighted by Crippen LogP contribution is 2.26. The van der Waals surface area contributed by atoms with Gasteiger partial charge in [-0.25, -0.2) is 0 Å². The van der Waals surface area contributed by atoms with Gasteiger partial charge in [-0.3, -0.25) is 0 Å². The molecule has 14 heavy (non-hydrogen) atoms. The van der Waals surface area contributed by atoms with Gasteiger partial charge in [0.1, 0.15) is 0 Å². The van der Waals surface area contributed by atoms with E-state index in [0.29, 0.717) is 6.04 Å². The first-order valence-corrected chi connectivity index (χ1v) is 4.94. The van der Waals surface area contributed by atoms with Gasteiger partial charge in [0.25, 0.3) is 0 Å². The summed E-state index contributed by atoms with van der Waals surface area (Å²) in [5, 5.41) is 4.58. The maximum absolute atomic E-state index is 5.73. The van der Waals surface area contributed by atoms with Crippen molar-refractivity contribution in [2.45, 2.75) is 12.5 Å². The van der Waals surface area contributed by atoms with Gasteiger partial charge in [-0.1, -0.05) is 0 Å². The molecule has 0 spiro atoms. The lowest BCUT2D eigenvalue weighted by molar-refractivity contribution is 0.377. The van der Waals surface area contributed by atoms with Gasteiger partial charge in [-0.2, -0.15) is 0 Å². The molecule has 1 fully saturated rings. The highest BCUT2D eigenvalue weighted by atomic mass is 15.0. The lowest BCUT2D eigenvalue weighted by Gasteiger charge is -2.26. The number of H-pyrrole nitrogens is 1. The van der Waals surface area contributed by atoms with E-state index < -0.39 is 0 Å². The topological polar surface area (TPSA) is 53.8 Å². The minimum atomic E-state index is 0.517. The molecule has 3 rings (SSSR count). The molecule has 2 heterocycles. The molecule has 1 atom stereocenters. The number of fused-ring (bicyclic) bond motifs is 1. The molecule has 1 saturated heterocycles. The number of aromatic nitrogens is 1. The van der Waals surface area contributed by atoms with E-state index in [-0.39, 0.29) is 0 Å². The van der Waals surface area contributed by atoms with Gasteiger partial charge >= 0.3 is 0 Å². The Morgan fingerprint density at radius 3 is 2.86 bits per heavy atom. The van der Waals surface area contributed by atoms with Gasteiger partial charge in [0.2, 0.25) is 0 Å². The number of anilines is 1. The first-order chi connectivity index (χ1) is 6.83. The summed E-state index contributed by atoms with van der Waals surface area (Å²) in [6.07, 6.45) is 1.22. The van der Waals surface area contributed by atoms with Crippen molar-refractivity contribution >= 4 is 16.6 Å². The zero-order valence-corrected chi connectivity index (χ0v) is 7.88. The summed E-state index contributed by atoms with van der Waals surface area (Å²) in [5.74, 6) is 0. The molecule has 1 aromatic carbocycles. The standard InChI is InChI=1S/C11H13N3/c12-8-1-2-9-7(5-8)6-11(14-9)10-3-4-13-10/h1-2,5-6,10,13-14H,3-4,12H2.